The molecular formula is C22H28N2O3S. The van der Waals surface area contributed by atoms with Gasteiger partial charge in [0.2, 0.25) is 0 Å². The number of ether oxygens (including phenoxy) is 2. The van der Waals surface area contributed by atoms with Gasteiger partial charge in [0, 0.05) is 50.9 Å². The highest BCUT2D eigenvalue weighted by Crippen LogP contribution is 2.35. The van der Waals surface area contributed by atoms with Crippen LogP contribution >= 0.6 is 11.3 Å². The highest BCUT2D eigenvalue weighted by molar-refractivity contribution is 7.07. The van der Waals surface area contributed by atoms with Crippen molar-refractivity contribution in [1.29, 1.82) is 0 Å². The Labute approximate surface area is 170 Å². The van der Waals surface area contributed by atoms with Crippen molar-refractivity contribution < 1.29 is 14.6 Å². The summed E-state index contributed by atoms with van der Waals surface area (Å²) in [6, 6.07) is 8.59. The highest BCUT2D eigenvalue weighted by atomic mass is 32.1. The Bertz CT molecular complexity index is 806. The van der Waals surface area contributed by atoms with Crippen molar-refractivity contribution in [3.63, 3.8) is 0 Å². The second-order valence-corrected chi connectivity index (χ2v) is 8.25. The Morgan fingerprint density at radius 3 is 2.96 bits per heavy atom. The first kappa shape index (κ1) is 19.5. The van der Waals surface area contributed by atoms with Crippen molar-refractivity contribution >= 4 is 17.4 Å². The van der Waals surface area contributed by atoms with Gasteiger partial charge in [0.15, 0.2) is 11.5 Å². The summed E-state index contributed by atoms with van der Waals surface area (Å²) in [6.45, 7) is 5.76. The number of benzene rings is 1. The fraction of sp³-hybridized carbons (Fsp3) is 0.455. The molecule has 4 rings (SSSR count). The van der Waals surface area contributed by atoms with E-state index in [0.29, 0.717) is 12.6 Å². The van der Waals surface area contributed by atoms with Gasteiger partial charge in [-0.15, -0.1) is 0 Å². The third kappa shape index (κ3) is 4.41. The number of rotatable bonds is 7. The molecule has 150 valence electrons. The fourth-order valence-corrected chi connectivity index (χ4v) is 4.78. The average Bonchev–Trinajstić information content (AvgIpc) is 3.22. The largest absolute Gasteiger partial charge is 0.493 e. The van der Waals surface area contributed by atoms with E-state index in [1.165, 1.54) is 11.1 Å². The first-order valence-corrected chi connectivity index (χ1v) is 10.8. The third-order valence-corrected chi connectivity index (χ3v) is 6.27. The maximum atomic E-state index is 9.54. The Hall–Kier alpha value is -1.86. The molecule has 6 heteroatoms. The SMILES string of the molecule is COc1cccc2c1OCC(CN1CCN(Cc3ccsc3)C(CCO)C1)=C2. The molecule has 1 N–H and O–H groups in total. The molecule has 3 heterocycles. The average molecular weight is 401 g/mol. The minimum absolute atomic E-state index is 0.234. The molecule has 0 bridgehead atoms. The van der Waals surface area contributed by atoms with E-state index in [1.54, 1.807) is 18.4 Å². The molecule has 1 aromatic heterocycles. The first-order valence-electron chi connectivity index (χ1n) is 9.84. The van der Waals surface area contributed by atoms with Crippen LogP contribution < -0.4 is 9.47 Å². The summed E-state index contributed by atoms with van der Waals surface area (Å²) < 4.78 is 11.4. The van der Waals surface area contributed by atoms with Crippen LogP contribution in [0.25, 0.3) is 6.08 Å². The molecule has 0 amide bonds. The molecule has 0 spiro atoms. The number of aliphatic hydroxyl groups excluding tert-OH is 1. The molecule has 0 radical (unpaired) electrons. The van der Waals surface area contributed by atoms with Crippen LogP contribution in [0, 0.1) is 0 Å². The van der Waals surface area contributed by atoms with Crippen molar-refractivity contribution in [3.8, 4) is 11.5 Å². The van der Waals surface area contributed by atoms with E-state index in [-0.39, 0.29) is 6.61 Å². The number of aliphatic hydroxyl groups is 1. The Morgan fingerprint density at radius 1 is 1.25 bits per heavy atom. The number of piperazine rings is 1. The number of hydrogen-bond acceptors (Lipinski definition) is 6. The molecule has 0 aliphatic carbocycles. The Kier molecular flexibility index (Phi) is 6.32. The molecule has 1 aromatic carbocycles. The van der Waals surface area contributed by atoms with Gasteiger partial charge in [-0.25, -0.2) is 0 Å². The van der Waals surface area contributed by atoms with Gasteiger partial charge in [0.1, 0.15) is 6.61 Å². The van der Waals surface area contributed by atoms with Crippen LogP contribution in [0.5, 0.6) is 11.5 Å². The molecule has 1 saturated heterocycles. The first-order chi connectivity index (χ1) is 13.8. The van der Waals surface area contributed by atoms with Gasteiger partial charge in [-0.05, 0) is 46.5 Å². The predicted molar refractivity (Wildman–Crippen MR) is 113 cm³/mol. The van der Waals surface area contributed by atoms with Gasteiger partial charge < -0.3 is 14.6 Å². The summed E-state index contributed by atoms with van der Waals surface area (Å²) in [5.74, 6) is 1.63. The Morgan fingerprint density at radius 2 is 2.18 bits per heavy atom. The van der Waals surface area contributed by atoms with Crippen LogP contribution in [0.3, 0.4) is 0 Å². The van der Waals surface area contributed by atoms with Gasteiger partial charge >= 0.3 is 0 Å². The summed E-state index contributed by atoms with van der Waals surface area (Å²) in [5.41, 5.74) is 3.74. The van der Waals surface area contributed by atoms with Crippen LogP contribution in [0.4, 0.5) is 0 Å². The van der Waals surface area contributed by atoms with Crippen molar-refractivity contribution in [1.82, 2.24) is 9.80 Å². The van der Waals surface area contributed by atoms with Crippen LogP contribution in [0.15, 0.2) is 40.6 Å². The predicted octanol–water partition coefficient (Wildman–Crippen LogP) is 3.10. The van der Waals surface area contributed by atoms with Crippen molar-refractivity contribution in [2.24, 2.45) is 0 Å². The van der Waals surface area contributed by atoms with Gasteiger partial charge in [0.25, 0.3) is 0 Å². The minimum Gasteiger partial charge on any atom is -0.493 e. The zero-order valence-electron chi connectivity index (χ0n) is 16.3. The molecule has 2 aliphatic rings. The summed E-state index contributed by atoms with van der Waals surface area (Å²) in [4.78, 5) is 5.01. The lowest BCUT2D eigenvalue weighted by molar-refractivity contribution is 0.0575. The Balaban J connectivity index is 1.41. The van der Waals surface area contributed by atoms with Gasteiger partial charge in [-0.3, -0.25) is 9.80 Å². The van der Waals surface area contributed by atoms with Gasteiger partial charge in [-0.2, -0.15) is 11.3 Å². The topological polar surface area (TPSA) is 45.2 Å². The summed E-state index contributed by atoms with van der Waals surface area (Å²) in [5, 5.41) is 13.9. The van der Waals surface area contributed by atoms with Crippen LogP contribution in [-0.4, -0.2) is 67.5 Å². The van der Waals surface area contributed by atoms with E-state index in [2.05, 4.69) is 38.8 Å². The molecule has 2 aromatic rings. The molecule has 2 aliphatic heterocycles. The zero-order chi connectivity index (χ0) is 19.3. The molecule has 28 heavy (non-hydrogen) atoms. The normalized spacial score (nSPS) is 20.4. The van der Waals surface area contributed by atoms with E-state index in [4.69, 9.17) is 9.47 Å². The molecule has 1 atom stereocenters. The maximum absolute atomic E-state index is 9.54. The maximum Gasteiger partial charge on any atom is 0.168 e. The third-order valence-electron chi connectivity index (χ3n) is 5.53. The molecule has 1 unspecified atom stereocenters. The summed E-state index contributed by atoms with van der Waals surface area (Å²) in [6.07, 6.45) is 3.05. The quantitative estimate of drug-likeness (QED) is 0.774. The lowest BCUT2D eigenvalue weighted by Gasteiger charge is -2.41. The second-order valence-electron chi connectivity index (χ2n) is 7.47. The lowest BCUT2D eigenvalue weighted by Crippen LogP contribution is -2.53. The van der Waals surface area contributed by atoms with E-state index < -0.39 is 0 Å². The number of hydrogen-bond donors (Lipinski definition) is 1. The minimum atomic E-state index is 0.234. The number of methoxy groups -OCH3 is 1. The number of nitrogens with zero attached hydrogens (tertiary/aromatic N) is 2. The van der Waals surface area contributed by atoms with E-state index >= 15 is 0 Å². The van der Waals surface area contributed by atoms with E-state index in [1.807, 2.05) is 12.1 Å². The van der Waals surface area contributed by atoms with Crippen LogP contribution in [0.2, 0.25) is 0 Å². The van der Waals surface area contributed by atoms with Crippen LogP contribution in [0.1, 0.15) is 17.5 Å². The molecule has 0 saturated carbocycles. The number of fused-ring (bicyclic) bond motifs is 1. The van der Waals surface area contributed by atoms with Gasteiger partial charge in [0.05, 0.1) is 7.11 Å². The lowest BCUT2D eigenvalue weighted by atomic mass is 10.0. The summed E-state index contributed by atoms with van der Waals surface area (Å²) in [7, 11) is 1.68. The van der Waals surface area contributed by atoms with Crippen LogP contribution in [-0.2, 0) is 6.54 Å². The summed E-state index contributed by atoms with van der Waals surface area (Å²) >= 11 is 1.75. The van der Waals surface area contributed by atoms with E-state index in [0.717, 1.165) is 56.2 Å². The zero-order valence-corrected chi connectivity index (χ0v) is 17.2. The monoisotopic (exact) mass is 400 g/mol. The highest BCUT2D eigenvalue weighted by Gasteiger charge is 2.27. The second kappa shape index (κ2) is 9.09. The van der Waals surface area contributed by atoms with Gasteiger partial charge in [-0.1, -0.05) is 12.1 Å². The number of para-hydroxylation sites is 1. The smallest absolute Gasteiger partial charge is 0.168 e. The van der Waals surface area contributed by atoms with Crippen molar-refractivity contribution in [3.05, 3.63) is 51.7 Å². The molecule has 1 fully saturated rings. The van der Waals surface area contributed by atoms with Crippen molar-refractivity contribution in [2.45, 2.75) is 19.0 Å². The fourth-order valence-electron chi connectivity index (χ4n) is 4.12. The molecular weight excluding hydrogens is 372 g/mol. The van der Waals surface area contributed by atoms with Crippen molar-refractivity contribution in [2.75, 3.05) is 46.5 Å². The van der Waals surface area contributed by atoms with E-state index in [9.17, 15) is 5.11 Å². The standard InChI is InChI=1S/C22H28N2O3S/c1-26-21-4-2-3-19-11-18(15-27-22(19)21)12-23-7-8-24(20(14-23)5-9-25)13-17-6-10-28-16-17/h2-4,6,10-11,16,20,25H,5,7-9,12-15H2,1H3. The molecule has 5 nitrogen and oxygen atoms in total. The number of thiophene rings is 1.